The molecule has 2 aliphatic heterocycles. The Hall–Kier alpha value is -0.650. The molecule has 1 fully saturated rings. The predicted molar refractivity (Wildman–Crippen MR) is 55.5 cm³/mol. The van der Waals surface area contributed by atoms with E-state index >= 15 is 0 Å². The fourth-order valence-electron chi connectivity index (χ4n) is 2.00. The molecule has 0 amide bonds. The first kappa shape index (κ1) is 9.89. The topological polar surface area (TPSA) is 48.9 Å². The fourth-order valence-corrected chi connectivity index (χ4v) is 2.00. The summed E-state index contributed by atoms with van der Waals surface area (Å²) in [4.78, 5) is 6.58. The molecule has 0 aliphatic carbocycles. The molecule has 80 valence electrons. The van der Waals surface area contributed by atoms with Gasteiger partial charge in [-0.1, -0.05) is 0 Å². The van der Waals surface area contributed by atoms with Crippen LogP contribution >= 0.6 is 0 Å². The molecule has 0 saturated carbocycles. The van der Waals surface area contributed by atoms with Gasteiger partial charge in [-0.25, -0.2) is 0 Å². The summed E-state index contributed by atoms with van der Waals surface area (Å²) in [7, 11) is 1.75. The summed E-state index contributed by atoms with van der Waals surface area (Å²) in [6, 6.07) is 0. The van der Waals surface area contributed by atoms with E-state index in [0.717, 1.165) is 32.7 Å². The highest BCUT2D eigenvalue weighted by Gasteiger charge is 2.29. The summed E-state index contributed by atoms with van der Waals surface area (Å²) in [5.41, 5.74) is 0. The highest BCUT2D eigenvalue weighted by Crippen LogP contribution is 2.09. The number of rotatable bonds is 2. The quantitative estimate of drug-likeness (QED) is 0.589. The van der Waals surface area contributed by atoms with Crippen molar-refractivity contribution in [1.29, 1.82) is 0 Å². The summed E-state index contributed by atoms with van der Waals surface area (Å²) in [6.45, 7) is 5.03. The third-order valence-electron chi connectivity index (χ3n) is 2.82. The van der Waals surface area contributed by atoms with Crippen LogP contribution in [0.2, 0.25) is 0 Å². The van der Waals surface area contributed by atoms with E-state index in [0.29, 0.717) is 6.17 Å². The van der Waals surface area contributed by atoms with Crippen LogP contribution in [0.15, 0.2) is 4.99 Å². The molecule has 0 aromatic carbocycles. The van der Waals surface area contributed by atoms with Crippen LogP contribution in [0.1, 0.15) is 0 Å². The van der Waals surface area contributed by atoms with E-state index in [1.54, 1.807) is 13.4 Å². The van der Waals surface area contributed by atoms with E-state index in [1.807, 2.05) is 0 Å². The molecule has 0 aromatic rings. The maximum absolute atomic E-state index is 5.42. The third kappa shape index (κ3) is 2.05. The van der Waals surface area contributed by atoms with Crippen LogP contribution in [0.5, 0.6) is 0 Å². The molecule has 2 aliphatic rings. The number of ether oxygens (including phenoxy) is 1. The second kappa shape index (κ2) is 4.72. The minimum atomic E-state index is 0.179. The van der Waals surface area contributed by atoms with Crippen molar-refractivity contribution in [2.45, 2.75) is 12.3 Å². The summed E-state index contributed by atoms with van der Waals surface area (Å²) >= 11 is 0. The number of hydrogen-bond donors (Lipinski definition) is 2. The van der Waals surface area contributed by atoms with Crippen molar-refractivity contribution >= 4 is 6.34 Å². The molecule has 0 spiro atoms. The number of nitrogens with zero attached hydrogens (tertiary/aromatic N) is 2. The monoisotopic (exact) mass is 198 g/mol. The van der Waals surface area contributed by atoms with Crippen molar-refractivity contribution in [2.24, 2.45) is 4.99 Å². The van der Waals surface area contributed by atoms with Gasteiger partial charge in [0.25, 0.3) is 0 Å². The normalized spacial score (nSPS) is 34.1. The lowest BCUT2D eigenvalue weighted by Gasteiger charge is -2.39. The maximum Gasteiger partial charge on any atom is 0.110 e. The first-order chi connectivity index (χ1) is 6.92. The molecule has 2 N–H and O–H groups in total. The van der Waals surface area contributed by atoms with Gasteiger partial charge in [-0.2, -0.15) is 0 Å². The molecule has 2 unspecified atom stereocenters. The average Bonchev–Trinajstić information content (AvgIpc) is 2.30. The first-order valence-electron chi connectivity index (χ1n) is 5.14. The van der Waals surface area contributed by atoms with E-state index in [4.69, 9.17) is 4.74 Å². The lowest BCUT2D eigenvalue weighted by atomic mass is 10.2. The van der Waals surface area contributed by atoms with Crippen molar-refractivity contribution in [3.63, 3.8) is 0 Å². The Morgan fingerprint density at radius 3 is 2.93 bits per heavy atom. The van der Waals surface area contributed by atoms with E-state index in [2.05, 4.69) is 20.5 Å². The summed E-state index contributed by atoms with van der Waals surface area (Å²) in [6.07, 6.45) is 2.26. The summed E-state index contributed by atoms with van der Waals surface area (Å²) in [5, 5.41) is 6.61. The van der Waals surface area contributed by atoms with E-state index in [9.17, 15) is 0 Å². The Bertz CT molecular complexity index is 203. The van der Waals surface area contributed by atoms with Crippen molar-refractivity contribution in [1.82, 2.24) is 15.5 Å². The fraction of sp³-hybridized carbons (Fsp3) is 0.889. The molecule has 0 radical (unpaired) electrons. The van der Waals surface area contributed by atoms with Gasteiger partial charge < -0.3 is 15.4 Å². The largest absolute Gasteiger partial charge is 0.376 e. The molecule has 14 heavy (non-hydrogen) atoms. The van der Waals surface area contributed by atoms with Gasteiger partial charge in [-0.3, -0.25) is 9.89 Å². The van der Waals surface area contributed by atoms with Crippen LogP contribution in [0.25, 0.3) is 0 Å². The van der Waals surface area contributed by atoms with E-state index in [1.165, 1.54) is 0 Å². The highest BCUT2D eigenvalue weighted by atomic mass is 16.5. The Morgan fingerprint density at radius 1 is 1.43 bits per heavy atom. The van der Waals surface area contributed by atoms with E-state index < -0.39 is 0 Å². The van der Waals surface area contributed by atoms with Crippen molar-refractivity contribution in [3.05, 3.63) is 0 Å². The van der Waals surface area contributed by atoms with E-state index in [-0.39, 0.29) is 6.10 Å². The Kier molecular flexibility index (Phi) is 3.34. The van der Waals surface area contributed by atoms with Crippen LogP contribution in [-0.4, -0.2) is 63.3 Å². The highest BCUT2D eigenvalue weighted by molar-refractivity contribution is 5.56. The predicted octanol–water partition coefficient (Wildman–Crippen LogP) is -1.14. The maximum atomic E-state index is 5.42. The standard InChI is InChI=1S/C9H18N4O/c1-14-8-6-11-7-12-9(8)13-4-2-10-3-5-13/h7-10H,2-6H2,1H3,(H,11,12). The van der Waals surface area contributed by atoms with Gasteiger partial charge in [-0.15, -0.1) is 0 Å². The van der Waals surface area contributed by atoms with Gasteiger partial charge in [0.1, 0.15) is 12.3 Å². The molecule has 2 heterocycles. The smallest absolute Gasteiger partial charge is 0.110 e. The number of hydrogen-bond acceptors (Lipinski definition) is 5. The molecular formula is C9H18N4O. The zero-order chi connectivity index (χ0) is 9.80. The lowest BCUT2D eigenvalue weighted by Crippen LogP contribution is -2.60. The van der Waals surface area contributed by atoms with Crippen molar-refractivity contribution in [3.8, 4) is 0 Å². The molecule has 5 nitrogen and oxygen atoms in total. The second-order valence-electron chi connectivity index (χ2n) is 3.67. The van der Waals surface area contributed by atoms with Gasteiger partial charge in [0.15, 0.2) is 0 Å². The SMILES string of the molecule is COC1CN=CNC1N1CCNCC1. The zero-order valence-electron chi connectivity index (χ0n) is 8.57. The zero-order valence-corrected chi connectivity index (χ0v) is 8.57. The Balaban J connectivity index is 1.96. The second-order valence-corrected chi connectivity index (χ2v) is 3.67. The number of methoxy groups -OCH3 is 1. The minimum Gasteiger partial charge on any atom is -0.376 e. The van der Waals surface area contributed by atoms with Crippen LogP contribution < -0.4 is 10.6 Å². The van der Waals surface area contributed by atoms with Gasteiger partial charge in [0.2, 0.25) is 0 Å². The number of nitrogens with one attached hydrogen (secondary N) is 2. The third-order valence-corrected chi connectivity index (χ3v) is 2.82. The van der Waals surface area contributed by atoms with Crippen LogP contribution in [0.3, 0.4) is 0 Å². The van der Waals surface area contributed by atoms with Crippen molar-refractivity contribution < 1.29 is 4.74 Å². The van der Waals surface area contributed by atoms with Gasteiger partial charge >= 0.3 is 0 Å². The Morgan fingerprint density at radius 2 is 2.21 bits per heavy atom. The van der Waals surface area contributed by atoms with Crippen molar-refractivity contribution in [2.75, 3.05) is 39.8 Å². The van der Waals surface area contributed by atoms with Gasteiger partial charge in [0, 0.05) is 33.3 Å². The Labute approximate surface area is 84.5 Å². The first-order valence-corrected chi connectivity index (χ1v) is 5.14. The van der Waals surface area contributed by atoms with Crippen LogP contribution in [0, 0.1) is 0 Å². The number of aliphatic imine (C=N–C) groups is 1. The molecule has 5 heteroatoms. The van der Waals surface area contributed by atoms with Gasteiger partial charge in [-0.05, 0) is 0 Å². The molecule has 0 aromatic heterocycles. The van der Waals surface area contributed by atoms with Crippen LogP contribution in [-0.2, 0) is 4.74 Å². The average molecular weight is 198 g/mol. The van der Waals surface area contributed by atoms with Crippen LogP contribution in [0.4, 0.5) is 0 Å². The summed E-state index contributed by atoms with van der Waals surface area (Å²) in [5.74, 6) is 0. The number of piperazine rings is 1. The minimum absolute atomic E-state index is 0.179. The molecule has 0 bridgehead atoms. The lowest BCUT2D eigenvalue weighted by molar-refractivity contribution is 0.00474. The summed E-state index contributed by atoms with van der Waals surface area (Å²) < 4.78 is 5.42. The molecule has 1 saturated heterocycles. The molecular weight excluding hydrogens is 180 g/mol. The molecule has 2 rings (SSSR count). The molecule has 2 atom stereocenters. The van der Waals surface area contributed by atoms with Gasteiger partial charge in [0.05, 0.1) is 12.9 Å².